The van der Waals surface area contributed by atoms with Crippen LogP contribution in [0.25, 0.3) is 0 Å². The van der Waals surface area contributed by atoms with Crippen molar-refractivity contribution in [2.45, 2.75) is 243 Å². The molecule has 6 aromatic carbocycles. The summed E-state index contributed by atoms with van der Waals surface area (Å²) in [7, 11) is 0. The number of carbonyl (C=O) groups excluding carboxylic acids is 4. The highest BCUT2D eigenvalue weighted by molar-refractivity contribution is 5.94. The van der Waals surface area contributed by atoms with E-state index >= 15 is 0 Å². The number of amides is 2. The molecule has 2 N–H and O–H groups in total. The summed E-state index contributed by atoms with van der Waals surface area (Å²) >= 11 is 0. The molecule has 0 unspecified atom stereocenters. The number of hydrogen-bond acceptors (Lipinski definition) is 8. The van der Waals surface area contributed by atoms with Crippen molar-refractivity contribution in [3.63, 3.8) is 0 Å². The number of rotatable bonds is 27. The SMILES string of the molecule is CC(C)(C)c1ccc(CC[C@@H](CCCCC2CCCCC2)OC(=O)CCC(=O)O[C@H](CCCCC2CCCCC2)CCc2ccc(C(C)(C)C)c(NC(=O)CC3c4ccccc4Oc4ccccc43)c2)cc1NC(=O)CC1c2ccccc2Oc2ccccc21. The van der Waals surface area contributed by atoms with Crippen LogP contribution in [0.15, 0.2) is 133 Å². The highest BCUT2D eigenvalue weighted by Crippen LogP contribution is 2.48. The number of ether oxygens (including phenoxy) is 4. The average Bonchev–Trinajstić information content (AvgIpc) is 0.811. The molecular weight excluding hydrogens is 1120 g/mol. The van der Waals surface area contributed by atoms with Gasteiger partial charge in [-0.25, -0.2) is 0 Å². The second-order valence-corrected chi connectivity index (χ2v) is 28.6. The Morgan fingerprint density at radius 3 is 1.13 bits per heavy atom. The minimum atomic E-state index is -0.376. The molecule has 0 aromatic heterocycles. The van der Waals surface area contributed by atoms with Crippen molar-refractivity contribution in [3.05, 3.63) is 178 Å². The summed E-state index contributed by atoms with van der Waals surface area (Å²) in [6.45, 7) is 13.0. The van der Waals surface area contributed by atoms with Gasteiger partial charge in [-0.1, -0.05) is 228 Å². The van der Waals surface area contributed by atoms with Gasteiger partial charge in [0.1, 0.15) is 35.2 Å². The number of aryl methyl sites for hydroxylation is 2. The number of benzene rings is 6. The summed E-state index contributed by atoms with van der Waals surface area (Å²) in [4.78, 5) is 56.4. The maximum absolute atomic E-state index is 14.2. The van der Waals surface area contributed by atoms with Crippen LogP contribution in [0.2, 0.25) is 0 Å². The van der Waals surface area contributed by atoms with E-state index in [4.69, 9.17) is 18.9 Å². The quantitative estimate of drug-likeness (QED) is 0.0385. The second kappa shape index (κ2) is 31.2. The van der Waals surface area contributed by atoms with Gasteiger partial charge in [-0.3, -0.25) is 19.2 Å². The number of esters is 2. The Kier molecular flexibility index (Phi) is 22.8. The van der Waals surface area contributed by atoms with E-state index in [1.807, 2.05) is 72.8 Å². The number of hydrogen-bond donors (Lipinski definition) is 2. The highest BCUT2D eigenvalue weighted by atomic mass is 16.6. The molecule has 2 heterocycles. The van der Waals surface area contributed by atoms with Crippen LogP contribution < -0.4 is 20.1 Å². The fraction of sp³-hybridized carbons (Fsp3) is 0.500. The molecule has 10 heteroatoms. The first-order valence-electron chi connectivity index (χ1n) is 34.5. The molecule has 0 saturated heterocycles. The van der Waals surface area contributed by atoms with Gasteiger partial charge in [0.05, 0.1) is 12.8 Å². The van der Waals surface area contributed by atoms with Crippen LogP contribution in [0.5, 0.6) is 23.0 Å². The van der Waals surface area contributed by atoms with Gasteiger partial charge in [0.25, 0.3) is 0 Å². The highest BCUT2D eigenvalue weighted by Gasteiger charge is 2.32. The first kappa shape index (κ1) is 65.7. The summed E-state index contributed by atoms with van der Waals surface area (Å²) in [5.41, 5.74) is 9.37. The molecule has 6 aromatic rings. The molecule has 2 amide bonds. The number of fused-ring (bicyclic) bond motifs is 4. The van der Waals surface area contributed by atoms with Gasteiger partial charge in [-0.2, -0.15) is 0 Å². The summed E-state index contributed by atoms with van der Waals surface area (Å²) in [6.07, 6.45) is 23.6. The number of carbonyl (C=O) groups is 4. The summed E-state index contributed by atoms with van der Waals surface area (Å²) < 4.78 is 25.2. The molecule has 90 heavy (non-hydrogen) atoms. The Balaban J connectivity index is 0.779. The zero-order valence-corrected chi connectivity index (χ0v) is 54.8. The van der Waals surface area contributed by atoms with E-state index in [0.29, 0.717) is 25.7 Å². The lowest BCUT2D eigenvalue weighted by Gasteiger charge is -2.28. The Hall–Kier alpha value is -7.20. The third-order valence-electron chi connectivity index (χ3n) is 19.6. The molecule has 0 bridgehead atoms. The number of unbranched alkanes of at least 4 members (excludes halogenated alkanes) is 2. The zero-order valence-electron chi connectivity index (χ0n) is 54.8. The molecule has 2 aliphatic carbocycles. The van der Waals surface area contributed by atoms with Crippen molar-refractivity contribution in [2.75, 3.05) is 10.6 Å². The monoisotopic (exact) mass is 1220 g/mol. The van der Waals surface area contributed by atoms with Crippen LogP contribution in [0.3, 0.4) is 0 Å². The Bertz CT molecular complexity index is 3060. The first-order chi connectivity index (χ1) is 43.5. The average molecular weight is 1220 g/mol. The number of anilines is 2. The number of nitrogens with one attached hydrogen (secondary N) is 2. The van der Waals surface area contributed by atoms with Crippen molar-refractivity contribution in [2.24, 2.45) is 11.8 Å². The molecule has 2 atom stereocenters. The summed E-state index contributed by atoms with van der Waals surface area (Å²) in [6, 6.07) is 44.7. The van der Waals surface area contributed by atoms with Crippen LogP contribution in [-0.2, 0) is 52.3 Å². The Morgan fingerprint density at radius 2 is 0.789 bits per heavy atom. The molecule has 10 nitrogen and oxygen atoms in total. The van der Waals surface area contributed by atoms with Gasteiger partial charge in [0.15, 0.2) is 0 Å². The van der Waals surface area contributed by atoms with Gasteiger partial charge in [0.2, 0.25) is 11.8 Å². The lowest BCUT2D eigenvalue weighted by molar-refractivity contribution is -0.156. The third kappa shape index (κ3) is 18.3. The van der Waals surface area contributed by atoms with Crippen molar-refractivity contribution in [1.82, 2.24) is 0 Å². The number of para-hydroxylation sites is 4. The fourth-order valence-electron chi connectivity index (χ4n) is 14.7. The topological polar surface area (TPSA) is 129 Å². The lowest BCUT2D eigenvalue weighted by atomic mass is 9.84. The van der Waals surface area contributed by atoms with Gasteiger partial charge in [-0.15, -0.1) is 0 Å². The van der Waals surface area contributed by atoms with Crippen molar-refractivity contribution in [3.8, 4) is 23.0 Å². The summed E-state index contributed by atoms with van der Waals surface area (Å²) in [5.74, 6) is 3.48. The predicted molar refractivity (Wildman–Crippen MR) is 362 cm³/mol. The second-order valence-electron chi connectivity index (χ2n) is 28.6. The molecule has 2 fully saturated rings. The van der Waals surface area contributed by atoms with E-state index in [1.165, 1.54) is 77.0 Å². The minimum absolute atomic E-state index is 0.0489. The third-order valence-corrected chi connectivity index (χ3v) is 19.6. The van der Waals surface area contributed by atoms with E-state index in [2.05, 4.69) is 113 Å². The van der Waals surface area contributed by atoms with Gasteiger partial charge in [0, 0.05) is 58.3 Å². The maximum atomic E-state index is 14.2. The summed E-state index contributed by atoms with van der Waals surface area (Å²) in [5, 5.41) is 6.70. The van der Waals surface area contributed by atoms with Crippen LogP contribution in [0.4, 0.5) is 11.4 Å². The van der Waals surface area contributed by atoms with Crippen LogP contribution in [-0.4, -0.2) is 36.0 Å². The first-order valence-corrected chi connectivity index (χ1v) is 34.5. The van der Waals surface area contributed by atoms with Crippen molar-refractivity contribution < 1.29 is 38.1 Å². The molecule has 4 aliphatic rings. The fourth-order valence-corrected chi connectivity index (χ4v) is 14.7. The normalized spacial score (nSPS) is 16.0. The molecule has 10 rings (SSSR count). The maximum Gasteiger partial charge on any atom is 0.306 e. The van der Waals surface area contributed by atoms with Crippen molar-refractivity contribution >= 4 is 35.1 Å². The van der Waals surface area contributed by atoms with Gasteiger partial charge < -0.3 is 29.6 Å². The van der Waals surface area contributed by atoms with E-state index in [-0.39, 0.29) is 84.3 Å². The Labute approximate surface area is 537 Å². The molecule has 2 saturated carbocycles. The minimum Gasteiger partial charge on any atom is -0.462 e. The van der Waals surface area contributed by atoms with Gasteiger partial charge in [-0.05, 0) is 133 Å². The zero-order chi connectivity index (χ0) is 63.0. The predicted octanol–water partition coefficient (Wildman–Crippen LogP) is 20.3. The van der Waals surface area contributed by atoms with Crippen molar-refractivity contribution in [1.29, 1.82) is 0 Å². The van der Waals surface area contributed by atoms with Crippen LogP contribution in [0.1, 0.15) is 252 Å². The molecule has 478 valence electrons. The van der Waals surface area contributed by atoms with E-state index in [0.717, 1.165) is 129 Å². The smallest absolute Gasteiger partial charge is 0.306 e. The van der Waals surface area contributed by atoms with Gasteiger partial charge >= 0.3 is 11.9 Å². The van der Waals surface area contributed by atoms with Crippen LogP contribution >= 0.6 is 0 Å². The molecular formula is C80H100N2O8. The standard InChI is InChI=1S/C80H100N2O8/c1-79(2,3)67-47-43-57(51-69(67)81-75(83)53-65-61-33-17-21-37-71(61)89-72-38-22-18-34-62(65)72)41-45-59(31-15-13-29-55-25-9-7-10-26-55)87-77(85)49-50-78(86)88-60(32-16-14-30-56-27-11-8-12-28-56)46-42-58-44-48-68(80(4,5)6)70(52-58)82-76(84)54-66-63-35-19-23-39-73(63)90-74-40-24-20-36-64(66)74/h17-24,33-40,43-44,47-48,51-52,55-56,59-60,65-66H,7-16,25-32,41-42,45-46,49-50,53-54H2,1-6H3,(H,81,83)(H,82,84)/t59-,60-/m1/s1. The lowest BCUT2D eigenvalue weighted by Crippen LogP contribution is -2.23. The van der Waals surface area contributed by atoms with E-state index in [1.54, 1.807) is 0 Å². The molecule has 0 radical (unpaired) electrons. The van der Waals surface area contributed by atoms with E-state index < -0.39 is 0 Å². The Morgan fingerprint density at radius 1 is 0.444 bits per heavy atom. The molecule has 0 spiro atoms. The van der Waals surface area contributed by atoms with Crippen LogP contribution in [0, 0.1) is 11.8 Å². The van der Waals surface area contributed by atoms with E-state index in [9.17, 15) is 19.2 Å². The molecule has 2 aliphatic heterocycles. The largest absolute Gasteiger partial charge is 0.462 e.